The van der Waals surface area contributed by atoms with Crippen molar-refractivity contribution in [3.8, 4) is 0 Å². The highest BCUT2D eigenvalue weighted by Gasteiger charge is 2.29. The number of carbonyl (C=O) groups is 1. The van der Waals surface area contributed by atoms with Crippen molar-refractivity contribution >= 4 is 17.5 Å². The maximum atomic E-state index is 11.9. The van der Waals surface area contributed by atoms with E-state index in [-0.39, 0.29) is 5.91 Å². The number of nitrogens with zero attached hydrogens (tertiary/aromatic N) is 6. The van der Waals surface area contributed by atoms with Crippen LogP contribution in [-0.2, 0) is 4.79 Å². The molecular weight excluding hydrogens is 316 g/mol. The largest absolute Gasteiger partial charge is 0.339 e. The summed E-state index contributed by atoms with van der Waals surface area (Å²) in [6.07, 6.45) is 12.9. The third kappa shape index (κ3) is 2.77. The summed E-state index contributed by atoms with van der Waals surface area (Å²) in [6.45, 7) is 2.60. The first kappa shape index (κ1) is 14.9. The van der Waals surface area contributed by atoms with Crippen LogP contribution in [0.1, 0.15) is 49.6 Å². The Labute approximate surface area is 146 Å². The Morgan fingerprint density at radius 1 is 1.04 bits per heavy atom. The van der Waals surface area contributed by atoms with Crippen molar-refractivity contribution in [3.63, 3.8) is 0 Å². The van der Waals surface area contributed by atoms with E-state index < -0.39 is 0 Å². The number of amides is 1. The van der Waals surface area contributed by atoms with Crippen molar-refractivity contribution in [1.29, 1.82) is 0 Å². The van der Waals surface area contributed by atoms with Crippen molar-refractivity contribution in [2.75, 3.05) is 29.4 Å². The molecule has 1 amide bonds. The summed E-state index contributed by atoms with van der Waals surface area (Å²) in [6, 6.07) is 0.304. The van der Waals surface area contributed by atoms with Crippen LogP contribution in [0.3, 0.4) is 0 Å². The number of carbonyl (C=O) groups excluding carboxylic acids is 1. The van der Waals surface area contributed by atoms with Gasteiger partial charge in [0, 0.05) is 44.6 Å². The normalized spacial score (nSPS) is 23.7. The van der Waals surface area contributed by atoms with Gasteiger partial charge in [-0.25, -0.2) is 9.97 Å². The van der Waals surface area contributed by atoms with Gasteiger partial charge in [0.25, 0.3) is 0 Å². The van der Waals surface area contributed by atoms with E-state index in [2.05, 4.69) is 20.0 Å². The monoisotopic (exact) mass is 338 g/mol. The second kappa shape index (κ2) is 5.82. The minimum Gasteiger partial charge on any atom is -0.339 e. The molecule has 1 saturated carbocycles. The van der Waals surface area contributed by atoms with Gasteiger partial charge in [0.15, 0.2) is 0 Å². The van der Waals surface area contributed by atoms with Gasteiger partial charge in [-0.15, -0.1) is 0 Å². The van der Waals surface area contributed by atoms with Crippen LogP contribution in [0.5, 0.6) is 0 Å². The molecule has 7 nitrogen and oxygen atoms in total. The molecule has 0 bridgehead atoms. The SMILES string of the molecule is O=C1CCCN1c1cnn(C2CCN(c3ncc(C4CC4)cn3)C2)c1. The van der Waals surface area contributed by atoms with Crippen molar-refractivity contribution < 1.29 is 4.79 Å². The molecule has 0 N–H and O–H groups in total. The number of hydrogen-bond donors (Lipinski definition) is 0. The number of aromatic nitrogens is 4. The van der Waals surface area contributed by atoms with Gasteiger partial charge in [-0.3, -0.25) is 9.48 Å². The van der Waals surface area contributed by atoms with E-state index in [1.165, 1.54) is 18.4 Å². The molecule has 0 radical (unpaired) electrons. The van der Waals surface area contributed by atoms with Crippen LogP contribution >= 0.6 is 0 Å². The van der Waals surface area contributed by atoms with E-state index in [1.807, 2.05) is 34.4 Å². The molecule has 25 heavy (non-hydrogen) atoms. The first-order valence-electron chi connectivity index (χ1n) is 9.19. The Morgan fingerprint density at radius 2 is 1.88 bits per heavy atom. The zero-order valence-corrected chi connectivity index (χ0v) is 14.2. The van der Waals surface area contributed by atoms with E-state index in [1.54, 1.807) is 0 Å². The molecule has 5 rings (SSSR count). The third-order valence-corrected chi connectivity index (χ3v) is 5.50. The van der Waals surface area contributed by atoms with Gasteiger partial charge in [-0.2, -0.15) is 5.10 Å². The zero-order chi connectivity index (χ0) is 16.8. The molecule has 4 heterocycles. The first-order chi connectivity index (χ1) is 12.3. The lowest BCUT2D eigenvalue weighted by atomic mass is 10.2. The van der Waals surface area contributed by atoms with Crippen LogP contribution in [0.4, 0.5) is 11.6 Å². The highest BCUT2D eigenvalue weighted by atomic mass is 16.2. The maximum absolute atomic E-state index is 11.9. The second-order valence-electron chi connectivity index (χ2n) is 7.31. The molecule has 1 unspecified atom stereocenters. The number of hydrogen-bond acceptors (Lipinski definition) is 5. The average molecular weight is 338 g/mol. The first-order valence-corrected chi connectivity index (χ1v) is 9.19. The maximum Gasteiger partial charge on any atom is 0.227 e. The Balaban J connectivity index is 1.27. The predicted octanol–water partition coefficient (Wildman–Crippen LogP) is 2.13. The van der Waals surface area contributed by atoms with Crippen molar-refractivity contribution in [2.24, 2.45) is 0 Å². The predicted molar refractivity (Wildman–Crippen MR) is 93.7 cm³/mol. The lowest BCUT2D eigenvalue weighted by molar-refractivity contribution is -0.117. The van der Waals surface area contributed by atoms with Crippen LogP contribution in [0, 0.1) is 0 Å². The number of anilines is 2. The second-order valence-corrected chi connectivity index (χ2v) is 7.31. The molecule has 2 aliphatic heterocycles. The Kier molecular flexibility index (Phi) is 3.46. The van der Waals surface area contributed by atoms with E-state index in [4.69, 9.17) is 0 Å². The molecule has 1 atom stereocenters. The standard InChI is InChI=1S/C18H22N6O/c25-17-2-1-6-23(17)16-10-21-24(12-16)15-5-7-22(11-15)18-19-8-14(9-20-18)13-3-4-13/h8-10,12-13,15H,1-7,11H2. The molecule has 3 aliphatic rings. The summed E-state index contributed by atoms with van der Waals surface area (Å²) in [7, 11) is 0. The van der Waals surface area contributed by atoms with Gasteiger partial charge < -0.3 is 9.80 Å². The van der Waals surface area contributed by atoms with Crippen molar-refractivity contribution in [3.05, 3.63) is 30.4 Å². The minimum atomic E-state index is 0.205. The minimum absolute atomic E-state index is 0.205. The molecule has 1 aliphatic carbocycles. The third-order valence-electron chi connectivity index (χ3n) is 5.50. The van der Waals surface area contributed by atoms with E-state index in [0.717, 1.165) is 44.1 Å². The van der Waals surface area contributed by atoms with Gasteiger partial charge in [0.2, 0.25) is 11.9 Å². The summed E-state index contributed by atoms with van der Waals surface area (Å²) in [5.41, 5.74) is 2.19. The van der Waals surface area contributed by atoms with E-state index >= 15 is 0 Å². The molecule has 2 aromatic rings. The van der Waals surface area contributed by atoms with Gasteiger partial charge >= 0.3 is 0 Å². The van der Waals surface area contributed by atoms with Gasteiger partial charge in [0.1, 0.15) is 0 Å². The average Bonchev–Trinajstić information content (AvgIpc) is 3.02. The summed E-state index contributed by atoms with van der Waals surface area (Å²) < 4.78 is 2.00. The summed E-state index contributed by atoms with van der Waals surface area (Å²) in [5.74, 6) is 1.71. The Bertz CT molecular complexity index is 781. The fourth-order valence-electron chi connectivity index (χ4n) is 3.85. The Morgan fingerprint density at radius 3 is 2.60 bits per heavy atom. The summed E-state index contributed by atoms with van der Waals surface area (Å²) in [5, 5.41) is 4.51. The molecule has 7 heteroatoms. The van der Waals surface area contributed by atoms with Gasteiger partial charge in [-0.05, 0) is 37.2 Å². The fourth-order valence-corrected chi connectivity index (χ4v) is 3.85. The molecule has 2 saturated heterocycles. The molecule has 2 aromatic heterocycles. The van der Waals surface area contributed by atoms with Crippen LogP contribution in [0.25, 0.3) is 0 Å². The van der Waals surface area contributed by atoms with E-state index in [9.17, 15) is 4.79 Å². The molecule has 0 aromatic carbocycles. The highest BCUT2D eigenvalue weighted by Crippen LogP contribution is 2.39. The van der Waals surface area contributed by atoms with Crippen LogP contribution < -0.4 is 9.80 Å². The molecular formula is C18H22N6O. The number of rotatable bonds is 4. The van der Waals surface area contributed by atoms with Crippen molar-refractivity contribution in [2.45, 2.75) is 44.1 Å². The molecule has 3 fully saturated rings. The van der Waals surface area contributed by atoms with Crippen molar-refractivity contribution in [1.82, 2.24) is 19.7 Å². The van der Waals surface area contributed by atoms with Crippen LogP contribution in [0.15, 0.2) is 24.8 Å². The summed E-state index contributed by atoms with van der Waals surface area (Å²) in [4.78, 5) is 25.1. The van der Waals surface area contributed by atoms with Gasteiger partial charge in [0.05, 0.1) is 17.9 Å². The van der Waals surface area contributed by atoms with Crippen LogP contribution in [0.2, 0.25) is 0 Å². The smallest absolute Gasteiger partial charge is 0.227 e. The van der Waals surface area contributed by atoms with E-state index in [0.29, 0.717) is 18.4 Å². The lowest BCUT2D eigenvalue weighted by Crippen LogP contribution is -2.24. The van der Waals surface area contributed by atoms with Crippen LogP contribution in [-0.4, -0.2) is 45.3 Å². The quantitative estimate of drug-likeness (QED) is 0.854. The van der Waals surface area contributed by atoms with Gasteiger partial charge in [-0.1, -0.05) is 0 Å². The Hall–Kier alpha value is -2.44. The molecule has 0 spiro atoms. The fraction of sp³-hybridized carbons (Fsp3) is 0.556. The highest BCUT2D eigenvalue weighted by molar-refractivity contribution is 5.95. The zero-order valence-electron chi connectivity index (χ0n) is 14.2. The summed E-state index contributed by atoms with van der Waals surface area (Å²) >= 11 is 0. The molecule has 130 valence electrons. The lowest BCUT2D eigenvalue weighted by Gasteiger charge is -2.16. The topological polar surface area (TPSA) is 67.2 Å².